The number of aliphatic hydroxyl groups is 3. The topological polar surface area (TPSA) is 141 Å². The van der Waals surface area contributed by atoms with Crippen LogP contribution in [-0.4, -0.2) is 67.4 Å². The first kappa shape index (κ1) is 18.0. The minimum Gasteiger partial charge on any atom is -0.394 e. The predicted molar refractivity (Wildman–Crippen MR) is 98.5 cm³/mol. The Morgan fingerprint density at radius 1 is 0.893 bits per heavy atom. The van der Waals surface area contributed by atoms with Gasteiger partial charge in [0.15, 0.2) is 0 Å². The van der Waals surface area contributed by atoms with Crippen molar-refractivity contribution in [3.63, 3.8) is 0 Å². The molecule has 28 heavy (non-hydrogen) atoms. The van der Waals surface area contributed by atoms with Crippen LogP contribution in [0.15, 0.2) is 43.0 Å². The number of nitrogens with zero attached hydrogens (tertiary/aromatic N) is 4. The molecule has 0 atom stereocenters. The van der Waals surface area contributed by atoms with Crippen molar-refractivity contribution in [3.8, 4) is 0 Å². The lowest BCUT2D eigenvalue weighted by Crippen LogP contribution is -2.49. The van der Waals surface area contributed by atoms with E-state index in [1.54, 1.807) is 30.3 Å². The van der Waals surface area contributed by atoms with Crippen LogP contribution < -0.4 is 10.3 Å². The zero-order chi connectivity index (χ0) is 19.9. The average molecular weight is 383 g/mol. The number of rotatable bonds is 6. The zero-order valence-corrected chi connectivity index (χ0v) is 14.6. The number of hydrogen-bond acceptors (Lipinski definition) is 8. The Hall–Kier alpha value is -3.34. The summed E-state index contributed by atoms with van der Waals surface area (Å²) in [4.78, 5) is 25.9. The van der Waals surface area contributed by atoms with Gasteiger partial charge in [-0.25, -0.2) is 4.68 Å². The Bertz CT molecular complexity index is 1030. The quantitative estimate of drug-likeness (QED) is 0.417. The Balaban J connectivity index is 1.88. The molecule has 2 amide bonds. The third-order valence-electron chi connectivity index (χ3n) is 4.83. The molecule has 2 aromatic carbocycles. The second-order valence-electron chi connectivity index (χ2n) is 6.53. The first-order chi connectivity index (χ1) is 13.5. The molecule has 144 valence electrons. The molecular formula is C18H17N5O5. The Morgan fingerprint density at radius 2 is 1.50 bits per heavy atom. The van der Waals surface area contributed by atoms with Gasteiger partial charge in [0.05, 0.1) is 30.9 Å². The van der Waals surface area contributed by atoms with Crippen LogP contribution in [0.2, 0.25) is 0 Å². The fourth-order valence-electron chi connectivity index (χ4n) is 3.26. The smallest absolute Gasteiger partial charge is 0.280 e. The molecule has 3 aromatic rings. The molecular weight excluding hydrogens is 366 g/mol. The molecule has 4 rings (SSSR count). The molecule has 0 aliphatic carbocycles. The van der Waals surface area contributed by atoms with Gasteiger partial charge in [-0.15, -0.1) is 10.2 Å². The maximum Gasteiger partial charge on any atom is 0.280 e. The van der Waals surface area contributed by atoms with Crippen molar-refractivity contribution in [3.05, 3.63) is 54.1 Å². The van der Waals surface area contributed by atoms with Gasteiger partial charge in [-0.3, -0.25) is 9.59 Å². The van der Waals surface area contributed by atoms with E-state index in [-0.39, 0.29) is 0 Å². The predicted octanol–water partition coefficient (Wildman–Crippen LogP) is -0.509. The van der Waals surface area contributed by atoms with Gasteiger partial charge >= 0.3 is 0 Å². The molecule has 1 aliphatic heterocycles. The van der Waals surface area contributed by atoms with E-state index in [4.69, 9.17) is 0 Å². The van der Waals surface area contributed by atoms with Crippen LogP contribution in [-0.2, 0) is 0 Å². The molecule has 1 aliphatic rings. The van der Waals surface area contributed by atoms with E-state index >= 15 is 0 Å². The monoisotopic (exact) mass is 383 g/mol. The number of anilines is 1. The summed E-state index contributed by atoms with van der Waals surface area (Å²) in [5.74, 6) is -1.06. The number of aromatic nitrogens is 3. The number of nitrogens with one attached hydrogen (secondary N) is 1. The molecule has 0 bridgehead atoms. The first-order valence-corrected chi connectivity index (χ1v) is 8.45. The maximum absolute atomic E-state index is 13.0. The van der Waals surface area contributed by atoms with Crippen LogP contribution in [0.4, 0.5) is 5.69 Å². The third kappa shape index (κ3) is 2.54. The van der Waals surface area contributed by atoms with Crippen LogP contribution in [0, 0.1) is 0 Å². The molecule has 1 aromatic heterocycles. The van der Waals surface area contributed by atoms with E-state index in [0.717, 1.165) is 5.01 Å². The summed E-state index contributed by atoms with van der Waals surface area (Å²) >= 11 is 0. The molecule has 0 saturated heterocycles. The van der Waals surface area contributed by atoms with Crippen LogP contribution >= 0.6 is 0 Å². The van der Waals surface area contributed by atoms with Gasteiger partial charge in [-0.05, 0) is 18.2 Å². The first-order valence-electron chi connectivity index (χ1n) is 8.45. The van der Waals surface area contributed by atoms with Crippen LogP contribution in [0.3, 0.4) is 0 Å². The number of imide groups is 1. The highest BCUT2D eigenvalue weighted by atomic mass is 16.3. The van der Waals surface area contributed by atoms with E-state index < -0.39 is 37.2 Å². The molecule has 0 unspecified atom stereocenters. The van der Waals surface area contributed by atoms with E-state index in [9.17, 15) is 24.9 Å². The van der Waals surface area contributed by atoms with Crippen molar-refractivity contribution in [2.75, 3.05) is 30.1 Å². The minimum absolute atomic E-state index is 0.312. The SMILES string of the molecule is O=C1c2cccc3c(NC(CO)(CO)CO)ccc(c23)C(=O)N1n1cnnc1. The minimum atomic E-state index is -1.35. The van der Waals surface area contributed by atoms with E-state index in [0.29, 0.717) is 27.6 Å². The number of carbonyl (C=O) groups excluding carboxylic acids is 2. The number of amides is 2. The van der Waals surface area contributed by atoms with Gasteiger partial charge in [0, 0.05) is 16.5 Å². The maximum atomic E-state index is 13.0. The summed E-state index contributed by atoms with van der Waals surface area (Å²) < 4.78 is 1.22. The lowest BCUT2D eigenvalue weighted by Gasteiger charge is -2.32. The van der Waals surface area contributed by atoms with Gasteiger partial charge in [0.2, 0.25) is 0 Å². The van der Waals surface area contributed by atoms with E-state index in [1.807, 2.05) is 0 Å². The zero-order valence-electron chi connectivity index (χ0n) is 14.6. The van der Waals surface area contributed by atoms with Gasteiger partial charge in [-0.1, -0.05) is 12.1 Å². The summed E-state index contributed by atoms with van der Waals surface area (Å²) in [7, 11) is 0. The van der Waals surface area contributed by atoms with Gasteiger partial charge < -0.3 is 20.6 Å². The second-order valence-corrected chi connectivity index (χ2v) is 6.53. The van der Waals surface area contributed by atoms with E-state index in [1.165, 1.54) is 17.3 Å². The van der Waals surface area contributed by atoms with Gasteiger partial charge in [0.25, 0.3) is 11.8 Å². The van der Waals surface area contributed by atoms with Crippen molar-refractivity contribution in [1.29, 1.82) is 0 Å². The molecule has 2 heterocycles. The van der Waals surface area contributed by atoms with Crippen LogP contribution in [0.1, 0.15) is 20.7 Å². The third-order valence-corrected chi connectivity index (χ3v) is 4.83. The van der Waals surface area contributed by atoms with Gasteiger partial charge in [-0.2, -0.15) is 5.01 Å². The largest absolute Gasteiger partial charge is 0.394 e. The van der Waals surface area contributed by atoms with Crippen molar-refractivity contribution in [2.45, 2.75) is 5.54 Å². The summed E-state index contributed by atoms with van der Waals surface area (Å²) in [6, 6.07) is 8.16. The normalized spacial score (nSPS) is 14.0. The molecule has 10 heteroatoms. The lowest BCUT2D eigenvalue weighted by molar-refractivity contribution is 0.0830. The van der Waals surface area contributed by atoms with E-state index in [2.05, 4.69) is 15.5 Å². The summed E-state index contributed by atoms with van der Waals surface area (Å²) in [5.41, 5.74) is -0.257. The molecule has 0 radical (unpaired) electrons. The molecule has 0 fully saturated rings. The molecule has 0 saturated carbocycles. The molecule has 4 N–H and O–H groups in total. The van der Waals surface area contributed by atoms with Crippen LogP contribution in [0.5, 0.6) is 0 Å². The van der Waals surface area contributed by atoms with Crippen molar-refractivity contribution in [2.24, 2.45) is 0 Å². The summed E-state index contributed by atoms with van der Waals surface area (Å²) in [6.45, 7) is -1.54. The van der Waals surface area contributed by atoms with Crippen molar-refractivity contribution >= 4 is 28.3 Å². The molecule has 10 nitrogen and oxygen atoms in total. The fourth-order valence-corrected chi connectivity index (χ4v) is 3.26. The number of carbonyl (C=O) groups is 2. The number of hydrogen-bond donors (Lipinski definition) is 4. The summed E-state index contributed by atoms with van der Waals surface area (Å²) in [6.07, 6.45) is 2.52. The van der Waals surface area contributed by atoms with Crippen LogP contribution in [0.25, 0.3) is 10.8 Å². The summed E-state index contributed by atoms with van der Waals surface area (Å²) in [5, 5.41) is 40.9. The number of aliphatic hydroxyl groups excluding tert-OH is 3. The van der Waals surface area contributed by atoms with Gasteiger partial charge in [0.1, 0.15) is 18.2 Å². The standard InChI is InChI=1S/C18H17N5O5/c24-6-18(7-25,8-26)21-14-5-4-13-15-11(14)2-1-3-12(15)16(27)23(17(13)28)22-9-19-20-10-22/h1-5,9-10,21,24-26H,6-8H2. The second kappa shape index (κ2) is 6.68. The number of benzene rings is 2. The Morgan fingerprint density at radius 3 is 2.11 bits per heavy atom. The highest BCUT2D eigenvalue weighted by Gasteiger charge is 2.36. The average Bonchev–Trinajstić information content (AvgIpc) is 3.25. The Labute approximate surface area is 158 Å². The van der Waals surface area contributed by atoms with Crippen molar-refractivity contribution in [1.82, 2.24) is 14.9 Å². The fraction of sp³-hybridized carbons (Fsp3) is 0.222. The Kier molecular flexibility index (Phi) is 4.30. The molecule has 0 spiro atoms. The highest BCUT2D eigenvalue weighted by molar-refractivity contribution is 6.33. The van der Waals surface area contributed by atoms with Crippen molar-refractivity contribution < 1.29 is 24.9 Å². The highest BCUT2D eigenvalue weighted by Crippen LogP contribution is 2.35. The lowest BCUT2D eigenvalue weighted by atomic mass is 9.92.